The summed E-state index contributed by atoms with van der Waals surface area (Å²) in [5.41, 5.74) is 1.04. The normalized spacial score (nSPS) is 11.8. The Balaban J connectivity index is 1.94. The first kappa shape index (κ1) is 14.3. The molecule has 0 saturated carbocycles. The lowest BCUT2D eigenvalue weighted by molar-refractivity contribution is -0.172. The Morgan fingerprint density at radius 1 is 1.35 bits per heavy atom. The maximum atomic E-state index is 11.9. The van der Waals surface area contributed by atoms with Crippen LogP contribution >= 0.6 is 0 Å². The van der Waals surface area contributed by atoms with Gasteiger partial charge in [-0.25, -0.2) is 4.98 Å². The predicted molar refractivity (Wildman–Crippen MR) is 66.6 cm³/mol. The van der Waals surface area contributed by atoms with Crippen LogP contribution in [0.5, 0.6) is 0 Å². The van der Waals surface area contributed by atoms with E-state index in [-0.39, 0.29) is 13.2 Å². The topological polar surface area (TPSA) is 87.8 Å². The molecule has 110 valence electrons. The monoisotopic (exact) mass is 290 g/mol. The van der Waals surface area contributed by atoms with Crippen LogP contribution in [0.2, 0.25) is 0 Å². The number of nitrogens with zero attached hydrogens (tertiary/aromatic N) is 3. The summed E-state index contributed by atoms with van der Waals surface area (Å²) in [5, 5.41) is 5.65. The smallest absolute Gasteiger partial charge is 0.370 e. The molecule has 20 heavy (non-hydrogen) atoms. The highest BCUT2D eigenvalue weighted by molar-refractivity contribution is 5.83. The number of anilines is 2. The van der Waals surface area contributed by atoms with E-state index in [2.05, 4.69) is 35.3 Å². The fourth-order valence-electron chi connectivity index (χ4n) is 1.50. The Morgan fingerprint density at radius 3 is 2.85 bits per heavy atom. The molecule has 0 bridgehead atoms. The maximum absolute atomic E-state index is 11.9. The van der Waals surface area contributed by atoms with E-state index in [1.807, 2.05) is 0 Å². The van der Waals surface area contributed by atoms with Crippen molar-refractivity contribution >= 4 is 22.9 Å². The van der Waals surface area contributed by atoms with Crippen molar-refractivity contribution in [3.63, 3.8) is 0 Å². The number of rotatable bonds is 6. The molecular formula is C10H13F3N6O. The highest BCUT2D eigenvalue weighted by Crippen LogP contribution is 2.18. The first-order chi connectivity index (χ1) is 9.49. The summed E-state index contributed by atoms with van der Waals surface area (Å²) in [7, 11) is 1.66. The third-order valence-electron chi connectivity index (χ3n) is 2.31. The van der Waals surface area contributed by atoms with Gasteiger partial charge in [0.05, 0.1) is 12.9 Å². The number of halogens is 3. The Hall–Kier alpha value is -2.10. The third kappa shape index (κ3) is 3.70. The second kappa shape index (κ2) is 5.90. The fourth-order valence-corrected chi connectivity index (χ4v) is 1.50. The molecule has 7 nitrogen and oxygen atoms in total. The highest BCUT2D eigenvalue weighted by atomic mass is 19.4. The summed E-state index contributed by atoms with van der Waals surface area (Å²) in [4.78, 5) is 15.1. The number of nitrogens with one attached hydrogen (secondary N) is 3. The molecular weight excluding hydrogens is 277 g/mol. The van der Waals surface area contributed by atoms with Crippen LogP contribution in [0.15, 0.2) is 6.33 Å². The number of H-pyrrole nitrogens is 1. The minimum atomic E-state index is -4.31. The van der Waals surface area contributed by atoms with Gasteiger partial charge in [0.25, 0.3) is 0 Å². The van der Waals surface area contributed by atoms with E-state index in [4.69, 9.17) is 0 Å². The molecule has 0 atom stereocenters. The van der Waals surface area contributed by atoms with Crippen molar-refractivity contribution in [3.8, 4) is 0 Å². The summed E-state index contributed by atoms with van der Waals surface area (Å²) in [6.07, 6.45) is -2.85. The molecule has 2 aromatic rings. The summed E-state index contributed by atoms with van der Waals surface area (Å²) in [6.45, 7) is -1.17. The molecule has 0 amide bonds. The van der Waals surface area contributed by atoms with Gasteiger partial charge in [0.1, 0.15) is 12.1 Å². The van der Waals surface area contributed by atoms with E-state index >= 15 is 0 Å². The van der Waals surface area contributed by atoms with E-state index in [0.717, 1.165) is 0 Å². The van der Waals surface area contributed by atoms with Crippen molar-refractivity contribution < 1.29 is 17.9 Å². The molecule has 2 rings (SSSR count). The number of ether oxygens (including phenoxy) is 1. The zero-order valence-corrected chi connectivity index (χ0v) is 10.6. The van der Waals surface area contributed by atoms with Crippen molar-refractivity contribution in [2.75, 3.05) is 37.4 Å². The Kier molecular flexibility index (Phi) is 4.23. The molecule has 0 aliphatic rings. The van der Waals surface area contributed by atoms with E-state index in [0.29, 0.717) is 22.9 Å². The number of imidazole rings is 1. The molecule has 0 radical (unpaired) electrons. The summed E-state index contributed by atoms with van der Waals surface area (Å²) >= 11 is 0. The SMILES string of the molecule is CNc1nc(NCCOCC(F)(F)F)c2[nH]cnc2n1. The zero-order valence-electron chi connectivity index (χ0n) is 10.6. The van der Waals surface area contributed by atoms with Crippen molar-refractivity contribution in [2.24, 2.45) is 0 Å². The van der Waals surface area contributed by atoms with Gasteiger partial charge in [-0.05, 0) is 0 Å². The van der Waals surface area contributed by atoms with Gasteiger partial charge in [-0.2, -0.15) is 23.1 Å². The summed E-state index contributed by atoms with van der Waals surface area (Å²) in [6, 6.07) is 0. The minimum absolute atomic E-state index is 0.0893. The molecule has 0 saturated heterocycles. The van der Waals surface area contributed by atoms with Crippen LogP contribution in [-0.4, -0.2) is 52.9 Å². The molecule has 3 N–H and O–H groups in total. The molecule has 2 heterocycles. The number of aromatic nitrogens is 4. The number of fused-ring (bicyclic) bond motifs is 1. The van der Waals surface area contributed by atoms with Crippen LogP contribution in [0, 0.1) is 0 Å². The van der Waals surface area contributed by atoms with Crippen LogP contribution in [0.4, 0.5) is 24.9 Å². The van der Waals surface area contributed by atoms with Gasteiger partial charge in [0.2, 0.25) is 5.95 Å². The fraction of sp³-hybridized carbons (Fsp3) is 0.500. The number of aromatic amines is 1. The van der Waals surface area contributed by atoms with Gasteiger partial charge < -0.3 is 20.4 Å². The van der Waals surface area contributed by atoms with Gasteiger partial charge >= 0.3 is 6.18 Å². The van der Waals surface area contributed by atoms with E-state index < -0.39 is 12.8 Å². The van der Waals surface area contributed by atoms with Crippen LogP contribution in [-0.2, 0) is 4.74 Å². The number of hydrogen-bond donors (Lipinski definition) is 3. The van der Waals surface area contributed by atoms with Crippen LogP contribution in [0.3, 0.4) is 0 Å². The number of hydrogen-bond acceptors (Lipinski definition) is 6. The number of alkyl halides is 3. The first-order valence-corrected chi connectivity index (χ1v) is 5.77. The second-order valence-corrected chi connectivity index (χ2v) is 3.84. The largest absolute Gasteiger partial charge is 0.411 e. The van der Waals surface area contributed by atoms with E-state index in [1.54, 1.807) is 7.05 Å². The van der Waals surface area contributed by atoms with Crippen molar-refractivity contribution in [3.05, 3.63) is 6.33 Å². The first-order valence-electron chi connectivity index (χ1n) is 5.77. The average molecular weight is 290 g/mol. The zero-order chi connectivity index (χ0) is 14.6. The Bertz CT molecular complexity index is 570. The molecule has 0 spiro atoms. The van der Waals surface area contributed by atoms with E-state index in [9.17, 15) is 13.2 Å². The molecule has 0 aliphatic heterocycles. The summed E-state index contributed by atoms with van der Waals surface area (Å²) < 4.78 is 40.1. The second-order valence-electron chi connectivity index (χ2n) is 3.84. The van der Waals surface area contributed by atoms with Crippen molar-refractivity contribution in [1.29, 1.82) is 0 Å². The quantitative estimate of drug-likeness (QED) is 0.697. The van der Waals surface area contributed by atoms with Gasteiger partial charge in [0.15, 0.2) is 11.5 Å². The van der Waals surface area contributed by atoms with Crippen LogP contribution in [0.25, 0.3) is 11.2 Å². The molecule has 0 unspecified atom stereocenters. The standard InChI is InChI=1S/C10H13F3N6O/c1-14-9-18-7(6-8(19-9)17-5-16-6)15-2-3-20-4-10(11,12)13/h5H,2-4H2,1H3,(H3,14,15,16,17,18,19). The van der Waals surface area contributed by atoms with Gasteiger partial charge in [0, 0.05) is 13.6 Å². The van der Waals surface area contributed by atoms with Crippen molar-refractivity contribution in [1.82, 2.24) is 19.9 Å². The lowest BCUT2D eigenvalue weighted by Gasteiger charge is -2.09. The van der Waals surface area contributed by atoms with E-state index in [1.165, 1.54) is 6.33 Å². The van der Waals surface area contributed by atoms with Crippen LogP contribution < -0.4 is 10.6 Å². The average Bonchev–Trinajstić information content (AvgIpc) is 2.84. The summed E-state index contributed by atoms with van der Waals surface area (Å²) in [5.74, 6) is 0.816. The van der Waals surface area contributed by atoms with Gasteiger partial charge in [-0.1, -0.05) is 0 Å². The maximum Gasteiger partial charge on any atom is 0.411 e. The Morgan fingerprint density at radius 2 is 2.15 bits per heavy atom. The predicted octanol–water partition coefficient (Wildman–Crippen LogP) is 1.39. The molecule has 0 aliphatic carbocycles. The molecule has 0 aromatic carbocycles. The highest BCUT2D eigenvalue weighted by Gasteiger charge is 2.27. The third-order valence-corrected chi connectivity index (χ3v) is 2.31. The molecule has 10 heteroatoms. The Labute approximate surface area is 112 Å². The molecule has 2 aromatic heterocycles. The minimum Gasteiger partial charge on any atom is -0.370 e. The van der Waals surface area contributed by atoms with Gasteiger partial charge in [-0.3, -0.25) is 0 Å². The van der Waals surface area contributed by atoms with Crippen molar-refractivity contribution in [2.45, 2.75) is 6.18 Å². The van der Waals surface area contributed by atoms with Gasteiger partial charge in [-0.15, -0.1) is 0 Å². The molecule has 0 fully saturated rings. The lowest BCUT2D eigenvalue weighted by Crippen LogP contribution is -2.20. The lowest BCUT2D eigenvalue weighted by atomic mass is 10.4. The van der Waals surface area contributed by atoms with Crippen LogP contribution in [0.1, 0.15) is 0 Å².